The van der Waals surface area contributed by atoms with Crippen LogP contribution < -0.4 is 15.8 Å². The van der Waals surface area contributed by atoms with Crippen molar-refractivity contribution in [3.8, 4) is 5.75 Å². The molecule has 4 rings (SSSR count). The van der Waals surface area contributed by atoms with Gasteiger partial charge < -0.3 is 25.3 Å². The average molecular weight is 619 g/mol. The summed E-state index contributed by atoms with van der Waals surface area (Å²) < 4.78 is 31.0. The van der Waals surface area contributed by atoms with Crippen LogP contribution in [0.4, 0.5) is 10.1 Å². The lowest BCUT2D eigenvalue weighted by Gasteiger charge is -2.26. The van der Waals surface area contributed by atoms with Gasteiger partial charge in [0.15, 0.2) is 0 Å². The van der Waals surface area contributed by atoms with Gasteiger partial charge in [0.1, 0.15) is 11.6 Å². The number of carbonyl (C=O) groups excluding carboxylic acids is 2. The summed E-state index contributed by atoms with van der Waals surface area (Å²) >= 11 is 0. The zero-order chi connectivity index (χ0) is 32.3. The molecule has 2 aromatic carbocycles. The standard InChI is InChI=1S/C35H43FN4O5/c1-5-8-32(24-9-11-27(29-19-23(29)3)33(20-24)43-4)38-25(6-2)22-31(37)34(41)39-26-10-12-28(30(36)21-26)35(42)45-16-7-13-40-14-17-44-18-15-40/h5,8-12,20-23,29H,1,6-7,13-19,37H2,2-4H3,(H,39,41)/b31-22?,32-8-,38-25?. The molecule has 1 saturated heterocycles. The van der Waals surface area contributed by atoms with Gasteiger partial charge in [-0.3, -0.25) is 14.7 Å². The number of hydrogen-bond acceptors (Lipinski definition) is 8. The summed E-state index contributed by atoms with van der Waals surface area (Å²) in [7, 11) is 1.66. The minimum absolute atomic E-state index is 0.103. The number of aliphatic imine (C=N–C) groups is 1. The number of carbonyl (C=O) groups is 2. The third-order valence-electron chi connectivity index (χ3n) is 7.93. The number of anilines is 1. The molecule has 0 aromatic heterocycles. The Morgan fingerprint density at radius 2 is 1.98 bits per heavy atom. The zero-order valence-electron chi connectivity index (χ0n) is 26.3. The SMILES string of the molecule is C=C/C=C(\N=C(C=C(N)C(=O)Nc1ccc(C(=O)OCCCN2CCOCC2)c(F)c1)CC)c1ccc(C2CC2C)c(OC)c1. The van der Waals surface area contributed by atoms with Crippen molar-refractivity contribution >= 4 is 29.0 Å². The Morgan fingerprint density at radius 3 is 2.62 bits per heavy atom. The van der Waals surface area contributed by atoms with E-state index in [1.54, 1.807) is 19.3 Å². The fourth-order valence-corrected chi connectivity index (χ4v) is 5.17. The minimum atomic E-state index is -0.805. The van der Waals surface area contributed by atoms with E-state index < -0.39 is 17.7 Å². The lowest BCUT2D eigenvalue weighted by atomic mass is 10.0. The molecule has 0 spiro atoms. The molecule has 9 nitrogen and oxygen atoms in total. The molecule has 45 heavy (non-hydrogen) atoms. The van der Waals surface area contributed by atoms with Gasteiger partial charge in [0, 0.05) is 36.6 Å². The highest BCUT2D eigenvalue weighted by Gasteiger charge is 2.36. The lowest BCUT2D eigenvalue weighted by Crippen LogP contribution is -2.37. The number of nitrogens with two attached hydrogens (primary N) is 1. The maximum Gasteiger partial charge on any atom is 0.341 e. The van der Waals surface area contributed by atoms with E-state index in [4.69, 9.17) is 24.9 Å². The summed E-state index contributed by atoms with van der Waals surface area (Å²) in [6.07, 6.45) is 7.20. The van der Waals surface area contributed by atoms with Crippen LogP contribution in [0.5, 0.6) is 5.75 Å². The third-order valence-corrected chi connectivity index (χ3v) is 7.93. The van der Waals surface area contributed by atoms with Crippen LogP contribution in [0.15, 0.2) is 71.9 Å². The van der Waals surface area contributed by atoms with E-state index in [2.05, 4.69) is 29.8 Å². The number of esters is 1. The molecule has 10 heteroatoms. The largest absolute Gasteiger partial charge is 0.496 e. The highest BCUT2D eigenvalue weighted by atomic mass is 19.1. The normalized spacial score (nSPS) is 19.2. The van der Waals surface area contributed by atoms with Crippen molar-refractivity contribution in [3.63, 3.8) is 0 Å². The van der Waals surface area contributed by atoms with Crippen molar-refractivity contribution in [1.82, 2.24) is 4.90 Å². The molecule has 2 unspecified atom stereocenters. The van der Waals surface area contributed by atoms with Gasteiger partial charge in [-0.2, -0.15) is 0 Å². The van der Waals surface area contributed by atoms with E-state index in [9.17, 15) is 14.0 Å². The molecule has 1 saturated carbocycles. The molecular weight excluding hydrogens is 575 g/mol. The van der Waals surface area contributed by atoms with Gasteiger partial charge in [0.25, 0.3) is 5.91 Å². The number of benzene rings is 2. The second-order valence-corrected chi connectivity index (χ2v) is 11.2. The van der Waals surface area contributed by atoms with Gasteiger partial charge in [0.2, 0.25) is 0 Å². The molecule has 2 aromatic rings. The number of hydrogen-bond donors (Lipinski definition) is 2. The Kier molecular flexibility index (Phi) is 12.1. The highest BCUT2D eigenvalue weighted by Crippen LogP contribution is 2.50. The lowest BCUT2D eigenvalue weighted by molar-refractivity contribution is -0.112. The van der Waals surface area contributed by atoms with Crippen LogP contribution in [0, 0.1) is 11.7 Å². The summed E-state index contributed by atoms with van der Waals surface area (Å²) in [5, 5.41) is 2.58. The van der Waals surface area contributed by atoms with Crippen molar-refractivity contribution in [1.29, 1.82) is 0 Å². The first kappa shape index (κ1) is 33.6. The van der Waals surface area contributed by atoms with Crippen LogP contribution in [0.2, 0.25) is 0 Å². The van der Waals surface area contributed by atoms with E-state index in [1.165, 1.54) is 23.8 Å². The number of morpholine rings is 1. The number of nitrogens with zero attached hydrogens (tertiary/aromatic N) is 2. The van der Waals surface area contributed by atoms with E-state index in [1.807, 2.05) is 19.1 Å². The third kappa shape index (κ3) is 9.36. The second kappa shape index (κ2) is 16.2. The molecular formula is C35H43FN4O5. The van der Waals surface area contributed by atoms with Crippen molar-refractivity contribution in [2.75, 3.05) is 51.9 Å². The first-order chi connectivity index (χ1) is 21.7. The Bertz CT molecular complexity index is 1480. The van der Waals surface area contributed by atoms with E-state index >= 15 is 0 Å². The Balaban J connectivity index is 1.38. The number of methoxy groups -OCH3 is 1. The van der Waals surface area contributed by atoms with Crippen LogP contribution in [0.3, 0.4) is 0 Å². The van der Waals surface area contributed by atoms with Crippen molar-refractivity contribution in [2.24, 2.45) is 16.6 Å². The first-order valence-corrected chi connectivity index (χ1v) is 15.4. The van der Waals surface area contributed by atoms with Crippen LogP contribution in [0.25, 0.3) is 5.70 Å². The van der Waals surface area contributed by atoms with Crippen molar-refractivity contribution in [3.05, 3.63) is 89.4 Å². The van der Waals surface area contributed by atoms with E-state index in [0.717, 1.165) is 43.4 Å². The molecule has 2 aliphatic rings. The minimum Gasteiger partial charge on any atom is -0.496 e. The van der Waals surface area contributed by atoms with Gasteiger partial charge >= 0.3 is 5.97 Å². The molecule has 0 bridgehead atoms. The molecule has 1 amide bonds. The predicted octanol–water partition coefficient (Wildman–Crippen LogP) is 5.70. The molecule has 1 aliphatic carbocycles. The maximum atomic E-state index is 14.8. The van der Waals surface area contributed by atoms with E-state index in [-0.39, 0.29) is 23.6 Å². The van der Waals surface area contributed by atoms with Crippen LogP contribution in [-0.4, -0.2) is 69.1 Å². The van der Waals surface area contributed by atoms with Crippen LogP contribution in [0.1, 0.15) is 60.5 Å². The molecule has 1 aliphatic heterocycles. The maximum absolute atomic E-state index is 14.8. The molecule has 240 valence electrons. The van der Waals surface area contributed by atoms with Gasteiger partial charge in [-0.1, -0.05) is 38.6 Å². The van der Waals surface area contributed by atoms with Gasteiger partial charge in [-0.05, 0) is 73.1 Å². The Labute approximate surface area is 264 Å². The Morgan fingerprint density at radius 1 is 1.22 bits per heavy atom. The number of ether oxygens (including phenoxy) is 3. The number of nitrogens with one attached hydrogen (secondary N) is 1. The number of rotatable bonds is 14. The summed E-state index contributed by atoms with van der Waals surface area (Å²) in [4.78, 5) is 32.3. The van der Waals surface area contributed by atoms with Crippen molar-refractivity contribution < 1.29 is 28.2 Å². The zero-order valence-corrected chi connectivity index (χ0v) is 26.3. The van der Waals surface area contributed by atoms with Gasteiger partial charge in [-0.25, -0.2) is 9.18 Å². The summed E-state index contributed by atoms with van der Waals surface area (Å²) in [6.45, 7) is 12.0. The van der Waals surface area contributed by atoms with Gasteiger partial charge in [0.05, 0.1) is 43.9 Å². The fourth-order valence-electron chi connectivity index (χ4n) is 5.17. The quantitative estimate of drug-likeness (QED) is 0.0918. The van der Waals surface area contributed by atoms with E-state index in [0.29, 0.717) is 49.3 Å². The average Bonchev–Trinajstić information content (AvgIpc) is 3.78. The molecule has 2 atom stereocenters. The van der Waals surface area contributed by atoms with Crippen LogP contribution in [-0.2, 0) is 14.3 Å². The topological polar surface area (TPSA) is 115 Å². The van der Waals surface area contributed by atoms with Gasteiger partial charge in [-0.15, -0.1) is 0 Å². The molecule has 2 fully saturated rings. The number of amides is 1. The number of halogens is 1. The summed E-state index contributed by atoms with van der Waals surface area (Å²) in [5.74, 6) is -0.230. The molecule has 0 radical (unpaired) electrons. The molecule has 3 N–H and O–H groups in total. The Hall–Kier alpha value is -4.28. The monoisotopic (exact) mass is 618 g/mol. The first-order valence-electron chi connectivity index (χ1n) is 15.4. The van der Waals surface area contributed by atoms with Crippen LogP contribution >= 0.6 is 0 Å². The smallest absolute Gasteiger partial charge is 0.341 e. The highest BCUT2D eigenvalue weighted by molar-refractivity contribution is 6.09. The fraction of sp³-hybridized carbons (Fsp3) is 0.400. The predicted molar refractivity (Wildman–Crippen MR) is 175 cm³/mol. The molecule has 1 heterocycles. The summed E-state index contributed by atoms with van der Waals surface area (Å²) in [6, 6.07) is 9.82. The summed E-state index contributed by atoms with van der Waals surface area (Å²) in [5.41, 5.74) is 9.20. The van der Waals surface area contributed by atoms with Crippen molar-refractivity contribution in [2.45, 2.75) is 39.0 Å². The second-order valence-electron chi connectivity index (χ2n) is 11.2. The number of allylic oxidation sites excluding steroid dienone is 3.